The lowest BCUT2D eigenvalue weighted by Crippen LogP contribution is -2.25. The van der Waals surface area contributed by atoms with Crippen LogP contribution in [-0.2, 0) is 0 Å². The van der Waals surface area contributed by atoms with Crippen LogP contribution < -0.4 is 10.8 Å². The van der Waals surface area contributed by atoms with Crippen LogP contribution in [0, 0.1) is 6.92 Å². The molecule has 0 atom stereocenters. The Morgan fingerprint density at radius 2 is 1.94 bits per heavy atom. The standard InChI is InChI=1S/C14H20B2N/c1-10-9-13(7-8-14(10)16-2)17-12-5-3-11(15)4-6-12/h7-9,11-12,17H,3-6H2,1-2H3. The first-order valence-electron chi connectivity index (χ1n) is 6.61. The topological polar surface area (TPSA) is 12.0 Å². The molecule has 1 N–H and O–H groups in total. The molecule has 0 spiro atoms. The van der Waals surface area contributed by atoms with Crippen molar-refractivity contribution in [2.75, 3.05) is 5.32 Å². The highest BCUT2D eigenvalue weighted by atomic mass is 14.9. The quantitative estimate of drug-likeness (QED) is 0.778. The number of rotatable bonds is 3. The van der Waals surface area contributed by atoms with E-state index >= 15 is 0 Å². The van der Waals surface area contributed by atoms with Gasteiger partial charge in [-0.3, -0.25) is 0 Å². The fraction of sp³-hybridized carbons (Fsp3) is 0.571. The molecule has 0 bridgehead atoms. The lowest BCUT2D eigenvalue weighted by Gasteiger charge is -2.28. The van der Waals surface area contributed by atoms with Gasteiger partial charge in [-0.1, -0.05) is 42.6 Å². The fourth-order valence-corrected chi connectivity index (χ4v) is 2.59. The van der Waals surface area contributed by atoms with Gasteiger partial charge >= 0.3 is 0 Å². The Hall–Kier alpha value is -0.850. The van der Waals surface area contributed by atoms with E-state index in [1.165, 1.54) is 29.6 Å². The SMILES string of the molecule is [B]C1CCC(Nc2ccc([B]C)c(C)c2)CC1. The maximum atomic E-state index is 5.92. The lowest BCUT2D eigenvalue weighted by atomic mass is 9.71. The van der Waals surface area contributed by atoms with Crippen molar-refractivity contribution in [1.29, 1.82) is 0 Å². The molecule has 3 radical (unpaired) electrons. The number of anilines is 1. The van der Waals surface area contributed by atoms with Gasteiger partial charge in [0.05, 0.1) is 7.85 Å². The van der Waals surface area contributed by atoms with Gasteiger partial charge in [-0.2, -0.15) is 0 Å². The zero-order chi connectivity index (χ0) is 12.3. The van der Waals surface area contributed by atoms with Gasteiger partial charge in [0, 0.05) is 11.7 Å². The minimum absolute atomic E-state index is 0.423. The molecule has 0 amide bonds. The van der Waals surface area contributed by atoms with Crippen molar-refractivity contribution in [3.05, 3.63) is 23.8 Å². The summed E-state index contributed by atoms with van der Waals surface area (Å²) in [6.07, 6.45) is 4.69. The summed E-state index contributed by atoms with van der Waals surface area (Å²) >= 11 is 0. The number of benzene rings is 1. The van der Waals surface area contributed by atoms with Crippen LogP contribution in [0.4, 0.5) is 5.69 Å². The predicted octanol–water partition coefficient (Wildman–Crippen LogP) is 2.68. The van der Waals surface area contributed by atoms with E-state index in [1.54, 1.807) is 0 Å². The monoisotopic (exact) mass is 224 g/mol. The molecule has 1 aliphatic carbocycles. The smallest absolute Gasteiger partial charge is 0.148 e. The largest absolute Gasteiger partial charge is 0.382 e. The molecule has 0 aromatic heterocycles. The average Bonchev–Trinajstić information content (AvgIpc) is 2.32. The van der Waals surface area contributed by atoms with Crippen LogP contribution in [-0.4, -0.2) is 21.2 Å². The predicted molar refractivity (Wildman–Crippen MR) is 77.8 cm³/mol. The molecule has 17 heavy (non-hydrogen) atoms. The summed E-state index contributed by atoms with van der Waals surface area (Å²) in [5.74, 6) is 0.423. The van der Waals surface area contributed by atoms with Crippen molar-refractivity contribution in [3.63, 3.8) is 0 Å². The van der Waals surface area contributed by atoms with Crippen molar-refractivity contribution in [2.24, 2.45) is 0 Å². The molecule has 1 nitrogen and oxygen atoms in total. The minimum Gasteiger partial charge on any atom is -0.382 e. The highest BCUT2D eigenvalue weighted by Gasteiger charge is 2.17. The molecule has 0 saturated heterocycles. The maximum absolute atomic E-state index is 5.92. The van der Waals surface area contributed by atoms with Gasteiger partial charge in [-0.25, -0.2) is 0 Å². The second-order valence-electron chi connectivity index (χ2n) is 5.12. The first kappa shape index (κ1) is 12.6. The second kappa shape index (κ2) is 5.66. The molecule has 1 aromatic rings. The third kappa shape index (κ3) is 3.31. The highest BCUT2D eigenvalue weighted by molar-refractivity contribution is 6.52. The van der Waals surface area contributed by atoms with Crippen LogP contribution in [0.1, 0.15) is 31.2 Å². The van der Waals surface area contributed by atoms with Crippen LogP contribution in [0.5, 0.6) is 0 Å². The molecule has 3 heteroatoms. The molecule has 1 saturated carbocycles. The number of nitrogens with one attached hydrogen (secondary N) is 1. The van der Waals surface area contributed by atoms with Crippen molar-refractivity contribution in [1.82, 2.24) is 0 Å². The fourth-order valence-electron chi connectivity index (χ4n) is 2.59. The Labute approximate surface area is 107 Å². The molecule has 1 fully saturated rings. The van der Waals surface area contributed by atoms with Crippen molar-refractivity contribution in [2.45, 2.75) is 51.3 Å². The first-order valence-corrected chi connectivity index (χ1v) is 6.61. The zero-order valence-corrected chi connectivity index (χ0v) is 10.9. The Bertz CT molecular complexity index is 370. The molecular formula is C14H20B2N. The van der Waals surface area contributed by atoms with Crippen LogP contribution in [0.2, 0.25) is 12.6 Å². The summed E-state index contributed by atoms with van der Waals surface area (Å²) in [7, 11) is 8.07. The van der Waals surface area contributed by atoms with Gasteiger partial charge in [0.1, 0.15) is 7.28 Å². The van der Waals surface area contributed by atoms with Gasteiger partial charge in [0.2, 0.25) is 0 Å². The van der Waals surface area contributed by atoms with E-state index in [4.69, 9.17) is 7.85 Å². The van der Waals surface area contributed by atoms with E-state index in [0.29, 0.717) is 11.9 Å². The summed E-state index contributed by atoms with van der Waals surface area (Å²) in [6, 6.07) is 7.21. The summed E-state index contributed by atoms with van der Waals surface area (Å²) in [5.41, 5.74) is 3.90. The molecule has 1 aliphatic rings. The summed E-state index contributed by atoms with van der Waals surface area (Å²) in [5, 5.41) is 3.62. The highest BCUT2D eigenvalue weighted by Crippen LogP contribution is 2.28. The lowest BCUT2D eigenvalue weighted by molar-refractivity contribution is 0.463. The number of hydrogen-bond donors (Lipinski definition) is 1. The molecule has 87 valence electrons. The van der Waals surface area contributed by atoms with Gasteiger partial charge in [0.15, 0.2) is 0 Å². The van der Waals surface area contributed by atoms with Crippen molar-refractivity contribution < 1.29 is 0 Å². The molecule has 2 rings (SSSR count). The zero-order valence-electron chi connectivity index (χ0n) is 10.9. The molecule has 0 aliphatic heterocycles. The Kier molecular flexibility index (Phi) is 4.20. The minimum atomic E-state index is 0.423. The first-order chi connectivity index (χ1) is 8.19. The Morgan fingerprint density at radius 3 is 2.53 bits per heavy atom. The van der Waals surface area contributed by atoms with Gasteiger partial charge < -0.3 is 5.32 Å². The normalized spacial score (nSPS) is 24.4. The summed E-state index contributed by atoms with van der Waals surface area (Å²) < 4.78 is 0. The van der Waals surface area contributed by atoms with Gasteiger partial charge in [-0.15, -0.1) is 0 Å². The summed E-state index contributed by atoms with van der Waals surface area (Å²) in [4.78, 5) is 0. The van der Waals surface area contributed by atoms with Crippen LogP contribution in [0.25, 0.3) is 0 Å². The number of aryl methyl sites for hydroxylation is 1. The van der Waals surface area contributed by atoms with Crippen LogP contribution in [0.15, 0.2) is 18.2 Å². The van der Waals surface area contributed by atoms with Gasteiger partial charge in [0.25, 0.3) is 0 Å². The molecule has 0 heterocycles. The molecular weight excluding hydrogens is 204 g/mol. The van der Waals surface area contributed by atoms with Crippen LogP contribution >= 0.6 is 0 Å². The van der Waals surface area contributed by atoms with Crippen LogP contribution in [0.3, 0.4) is 0 Å². The third-order valence-corrected chi connectivity index (χ3v) is 3.72. The van der Waals surface area contributed by atoms with E-state index in [0.717, 1.165) is 12.8 Å². The molecule has 1 aromatic carbocycles. The van der Waals surface area contributed by atoms with E-state index in [1.807, 2.05) is 0 Å². The van der Waals surface area contributed by atoms with E-state index in [2.05, 4.69) is 44.5 Å². The van der Waals surface area contributed by atoms with E-state index < -0.39 is 0 Å². The van der Waals surface area contributed by atoms with Gasteiger partial charge in [-0.05, 0) is 31.9 Å². The third-order valence-electron chi connectivity index (χ3n) is 3.72. The average molecular weight is 224 g/mol. The van der Waals surface area contributed by atoms with E-state index in [-0.39, 0.29) is 0 Å². The van der Waals surface area contributed by atoms with Crippen molar-refractivity contribution in [3.8, 4) is 0 Å². The molecule has 0 unspecified atom stereocenters. The Morgan fingerprint density at radius 1 is 1.24 bits per heavy atom. The summed E-state index contributed by atoms with van der Waals surface area (Å²) in [6.45, 7) is 4.25. The number of hydrogen-bond acceptors (Lipinski definition) is 1. The second-order valence-corrected chi connectivity index (χ2v) is 5.12. The Balaban J connectivity index is 1.97. The van der Waals surface area contributed by atoms with E-state index in [9.17, 15) is 0 Å². The van der Waals surface area contributed by atoms with Crippen molar-refractivity contribution >= 4 is 26.3 Å². The maximum Gasteiger partial charge on any atom is 0.148 e.